The van der Waals surface area contributed by atoms with Crippen LogP contribution in [-0.4, -0.2) is 22.4 Å². The molecule has 3 aliphatic heterocycles. The van der Waals surface area contributed by atoms with E-state index in [1.807, 2.05) is 0 Å². The maximum atomic E-state index is 4.45. The summed E-state index contributed by atoms with van der Waals surface area (Å²) in [5.74, 6) is 3.11. The normalized spacial score (nSPS) is 22.0. The van der Waals surface area contributed by atoms with Gasteiger partial charge in [-0.25, -0.2) is 0 Å². The third-order valence-corrected chi connectivity index (χ3v) is 8.66. The standard InChI is InChI=1S/C30H41NS/c1-6-9-10-11-13-24-18-25-26(17-23(24)8-3)30-16-22(5)27(21(4)12-7-2)19-31(30)29-14-15-32-20-28(25)29/h16-19,28-29H,4-15,20H2,1-3H3. The maximum Gasteiger partial charge on any atom is 0.0491 e. The van der Waals surface area contributed by atoms with Crippen molar-refractivity contribution in [2.24, 2.45) is 0 Å². The molecule has 3 aliphatic rings. The summed E-state index contributed by atoms with van der Waals surface area (Å²) in [6, 6.07) is 5.71. The first-order valence-corrected chi connectivity index (χ1v) is 14.1. The molecule has 1 aromatic carbocycles. The number of unbranched alkanes of at least 4 members (excludes halogenated alkanes) is 3. The Labute approximate surface area is 200 Å². The van der Waals surface area contributed by atoms with Gasteiger partial charge in [-0.15, -0.1) is 0 Å². The second kappa shape index (κ2) is 10.5. The average Bonchev–Trinajstić information content (AvgIpc) is 2.81. The second-order valence-electron chi connectivity index (χ2n) is 9.77. The molecule has 4 rings (SSSR count). The molecule has 1 saturated heterocycles. The lowest BCUT2D eigenvalue weighted by atomic mass is 9.77. The fourth-order valence-electron chi connectivity index (χ4n) is 5.75. The van der Waals surface area contributed by atoms with E-state index >= 15 is 0 Å². The zero-order valence-corrected chi connectivity index (χ0v) is 21.3. The fourth-order valence-corrected chi connectivity index (χ4v) is 6.98. The van der Waals surface area contributed by atoms with E-state index in [1.165, 1.54) is 72.4 Å². The first kappa shape index (κ1) is 23.5. The summed E-state index contributed by atoms with van der Waals surface area (Å²) in [4.78, 5) is 2.61. The molecule has 1 nitrogen and oxygen atoms in total. The van der Waals surface area contributed by atoms with Gasteiger partial charge >= 0.3 is 0 Å². The number of hydrogen-bond donors (Lipinski definition) is 0. The SMILES string of the molecule is C=C1C=C2c3cc(CC)c(CCCCCC)cc3C3CSCCC3N2C=C1C(=C)CCC. The van der Waals surface area contributed by atoms with Gasteiger partial charge < -0.3 is 4.90 Å². The zero-order valence-electron chi connectivity index (χ0n) is 20.5. The maximum absolute atomic E-state index is 4.45. The van der Waals surface area contributed by atoms with Crippen LogP contribution in [0, 0.1) is 0 Å². The van der Waals surface area contributed by atoms with Gasteiger partial charge in [0.2, 0.25) is 0 Å². The molecule has 3 heterocycles. The summed E-state index contributed by atoms with van der Waals surface area (Å²) in [6.45, 7) is 15.7. The smallest absolute Gasteiger partial charge is 0.0491 e. The van der Waals surface area contributed by atoms with E-state index in [9.17, 15) is 0 Å². The molecular formula is C30H41NS. The van der Waals surface area contributed by atoms with Gasteiger partial charge in [0.15, 0.2) is 0 Å². The first-order valence-electron chi connectivity index (χ1n) is 12.9. The number of benzene rings is 1. The van der Waals surface area contributed by atoms with Gasteiger partial charge in [0.05, 0.1) is 0 Å². The molecule has 0 saturated carbocycles. The van der Waals surface area contributed by atoms with E-state index in [2.05, 4.69) is 75.0 Å². The third kappa shape index (κ3) is 4.53. The van der Waals surface area contributed by atoms with Gasteiger partial charge in [-0.2, -0.15) is 11.8 Å². The molecule has 0 aromatic heterocycles. The summed E-state index contributed by atoms with van der Waals surface area (Å²) < 4.78 is 0. The van der Waals surface area contributed by atoms with Crippen molar-refractivity contribution in [1.82, 2.24) is 4.90 Å². The lowest BCUT2D eigenvalue weighted by molar-refractivity contribution is 0.309. The number of rotatable bonds is 9. The lowest BCUT2D eigenvalue weighted by Gasteiger charge is -2.48. The van der Waals surface area contributed by atoms with E-state index in [0.29, 0.717) is 12.0 Å². The largest absolute Gasteiger partial charge is 0.343 e. The van der Waals surface area contributed by atoms with Gasteiger partial charge in [-0.1, -0.05) is 65.7 Å². The molecule has 0 bridgehead atoms. The highest BCUT2D eigenvalue weighted by Gasteiger charge is 2.40. The van der Waals surface area contributed by atoms with Gasteiger partial charge in [-0.3, -0.25) is 0 Å². The number of allylic oxidation sites excluding steroid dienone is 4. The van der Waals surface area contributed by atoms with E-state index < -0.39 is 0 Å². The van der Waals surface area contributed by atoms with Crippen LogP contribution in [0.3, 0.4) is 0 Å². The van der Waals surface area contributed by atoms with Crippen LogP contribution in [0.2, 0.25) is 0 Å². The molecule has 0 radical (unpaired) electrons. The second-order valence-corrected chi connectivity index (χ2v) is 10.9. The number of fused-ring (bicyclic) bond motifs is 6. The Hall–Kier alpha value is -1.67. The molecular weight excluding hydrogens is 406 g/mol. The minimum absolute atomic E-state index is 0.563. The third-order valence-electron chi connectivity index (χ3n) is 7.54. The van der Waals surface area contributed by atoms with E-state index in [0.717, 1.165) is 24.8 Å². The number of aryl methyl sites for hydroxylation is 2. The minimum atomic E-state index is 0.563. The predicted molar refractivity (Wildman–Crippen MR) is 143 cm³/mol. The molecule has 0 spiro atoms. The van der Waals surface area contributed by atoms with Crippen molar-refractivity contribution in [1.29, 1.82) is 0 Å². The van der Waals surface area contributed by atoms with Gasteiger partial charge in [0, 0.05) is 35.2 Å². The summed E-state index contributed by atoms with van der Waals surface area (Å²) in [5, 5.41) is 0. The van der Waals surface area contributed by atoms with Crippen LogP contribution in [0.25, 0.3) is 5.70 Å². The molecule has 172 valence electrons. The van der Waals surface area contributed by atoms with Crippen LogP contribution >= 0.6 is 11.8 Å². The van der Waals surface area contributed by atoms with Crippen LogP contribution in [0.15, 0.2) is 54.3 Å². The summed E-state index contributed by atoms with van der Waals surface area (Å²) in [6.07, 6.45) is 15.9. The Balaban J connectivity index is 1.75. The van der Waals surface area contributed by atoms with Crippen molar-refractivity contribution in [3.8, 4) is 0 Å². The Morgan fingerprint density at radius 1 is 1.09 bits per heavy atom. The van der Waals surface area contributed by atoms with Crippen LogP contribution in [-0.2, 0) is 12.8 Å². The molecule has 0 N–H and O–H groups in total. The fraction of sp³-hybridized carbons (Fsp3) is 0.533. The minimum Gasteiger partial charge on any atom is -0.343 e. The highest BCUT2D eigenvalue weighted by atomic mass is 32.2. The van der Waals surface area contributed by atoms with Gasteiger partial charge in [-0.05, 0) is 83.4 Å². The zero-order chi connectivity index (χ0) is 22.7. The van der Waals surface area contributed by atoms with Gasteiger partial charge in [0.25, 0.3) is 0 Å². The van der Waals surface area contributed by atoms with Crippen LogP contribution in [0.5, 0.6) is 0 Å². The Kier molecular flexibility index (Phi) is 7.71. The summed E-state index contributed by atoms with van der Waals surface area (Å²) in [5.41, 5.74) is 11.2. The monoisotopic (exact) mass is 447 g/mol. The van der Waals surface area contributed by atoms with Crippen molar-refractivity contribution >= 4 is 17.5 Å². The number of hydrogen-bond acceptors (Lipinski definition) is 2. The Morgan fingerprint density at radius 2 is 1.94 bits per heavy atom. The van der Waals surface area contributed by atoms with Crippen molar-refractivity contribution in [2.75, 3.05) is 11.5 Å². The van der Waals surface area contributed by atoms with Crippen molar-refractivity contribution < 1.29 is 0 Å². The Morgan fingerprint density at radius 3 is 2.69 bits per heavy atom. The molecule has 0 aliphatic carbocycles. The first-order chi connectivity index (χ1) is 15.6. The topological polar surface area (TPSA) is 3.24 Å². The molecule has 1 aromatic rings. The predicted octanol–water partition coefficient (Wildman–Crippen LogP) is 8.43. The summed E-state index contributed by atoms with van der Waals surface area (Å²) >= 11 is 2.14. The van der Waals surface area contributed by atoms with Gasteiger partial charge in [0.1, 0.15) is 0 Å². The molecule has 1 fully saturated rings. The Bertz CT molecular complexity index is 934. The van der Waals surface area contributed by atoms with E-state index in [1.54, 1.807) is 16.7 Å². The lowest BCUT2D eigenvalue weighted by Crippen LogP contribution is -2.44. The molecule has 2 unspecified atom stereocenters. The average molecular weight is 448 g/mol. The molecule has 2 atom stereocenters. The van der Waals surface area contributed by atoms with E-state index in [-0.39, 0.29) is 0 Å². The van der Waals surface area contributed by atoms with Crippen LogP contribution < -0.4 is 0 Å². The van der Waals surface area contributed by atoms with Crippen molar-refractivity contribution in [3.05, 3.63) is 76.5 Å². The quantitative estimate of drug-likeness (QED) is 0.349. The highest BCUT2D eigenvalue weighted by Crippen LogP contribution is 2.49. The number of thioether (sulfide) groups is 1. The van der Waals surface area contributed by atoms with Crippen LogP contribution in [0.1, 0.15) is 93.9 Å². The molecule has 32 heavy (non-hydrogen) atoms. The van der Waals surface area contributed by atoms with Crippen molar-refractivity contribution in [3.63, 3.8) is 0 Å². The highest BCUT2D eigenvalue weighted by molar-refractivity contribution is 7.99. The van der Waals surface area contributed by atoms with E-state index in [4.69, 9.17) is 0 Å². The van der Waals surface area contributed by atoms with Crippen LogP contribution in [0.4, 0.5) is 0 Å². The molecule has 2 heteroatoms. The number of nitrogens with zero attached hydrogens (tertiary/aromatic N) is 1. The van der Waals surface area contributed by atoms with Crippen molar-refractivity contribution in [2.45, 2.75) is 90.5 Å². The summed E-state index contributed by atoms with van der Waals surface area (Å²) in [7, 11) is 0. The molecule has 0 amide bonds.